The molecule has 0 aromatic carbocycles. The summed E-state index contributed by atoms with van der Waals surface area (Å²) in [5.74, 6) is -0.575. The summed E-state index contributed by atoms with van der Waals surface area (Å²) in [6.07, 6.45) is 3.00. The Kier molecular flexibility index (Phi) is 4.31. The van der Waals surface area contributed by atoms with Crippen LogP contribution in [0.15, 0.2) is 30.6 Å². The zero-order chi connectivity index (χ0) is 14.5. The first kappa shape index (κ1) is 14.0. The largest absolute Gasteiger partial charge is 0.358 e. The molecule has 0 bridgehead atoms. The van der Waals surface area contributed by atoms with Crippen molar-refractivity contribution in [2.24, 2.45) is 0 Å². The van der Waals surface area contributed by atoms with Crippen molar-refractivity contribution >= 4 is 29.1 Å². The molecule has 0 atom stereocenters. The van der Waals surface area contributed by atoms with Gasteiger partial charge in [-0.3, -0.25) is 14.3 Å². The molecule has 0 radical (unpaired) electrons. The number of aromatic nitrogens is 3. The lowest BCUT2D eigenvalue weighted by atomic mass is 10.3. The molecule has 0 fully saturated rings. The van der Waals surface area contributed by atoms with E-state index in [4.69, 9.17) is 11.6 Å². The number of nitrogens with zero attached hydrogens (tertiary/aromatic N) is 3. The summed E-state index contributed by atoms with van der Waals surface area (Å²) in [5.41, 5.74) is 0.678. The zero-order valence-corrected chi connectivity index (χ0v) is 11.4. The van der Waals surface area contributed by atoms with E-state index in [1.54, 1.807) is 31.4 Å². The van der Waals surface area contributed by atoms with E-state index < -0.39 is 5.91 Å². The molecule has 104 valence electrons. The van der Waals surface area contributed by atoms with E-state index in [-0.39, 0.29) is 23.3 Å². The first-order valence-corrected chi connectivity index (χ1v) is 6.13. The SMILES string of the molecule is CNC(=O)Cn1cc(NC(=O)c2cccc(Cl)n2)cn1. The van der Waals surface area contributed by atoms with E-state index in [1.807, 2.05) is 0 Å². The first-order chi connectivity index (χ1) is 9.58. The fourth-order valence-corrected chi connectivity index (χ4v) is 1.63. The van der Waals surface area contributed by atoms with Crippen LogP contribution in [0.25, 0.3) is 0 Å². The molecule has 2 aromatic rings. The Hall–Kier alpha value is -2.41. The van der Waals surface area contributed by atoms with E-state index in [0.717, 1.165) is 0 Å². The molecule has 7 nitrogen and oxygen atoms in total. The summed E-state index contributed by atoms with van der Waals surface area (Å²) in [5, 5.41) is 9.31. The highest BCUT2D eigenvalue weighted by atomic mass is 35.5. The number of halogens is 1. The van der Waals surface area contributed by atoms with Gasteiger partial charge in [-0.15, -0.1) is 0 Å². The second-order valence-electron chi connectivity index (χ2n) is 3.90. The topological polar surface area (TPSA) is 88.9 Å². The van der Waals surface area contributed by atoms with Gasteiger partial charge in [-0.2, -0.15) is 5.10 Å². The maximum absolute atomic E-state index is 11.9. The number of anilines is 1. The van der Waals surface area contributed by atoms with Crippen molar-refractivity contribution < 1.29 is 9.59 Å². The van der Waals surface area contributed by atoms with Crippen LogP contribution in [-0.4, -0.2) is 33.6 Å². The zero-order valence-electron chi connectivity index (χ0n) is 10.6. The molecule has 0 unspecified atom stereocenters. The lowest BCUT2D eigenvalue weighted by Crippen LogP contribution is -2.23. The van der Waals surface area contributed by atoms with Gasteiger partial charge in [-0.1, -0.05) is 17.7 Å². The summed E-state index contributed by atoms with van der Waals surface area (Å²) in [6, 6.07) is 4.77. The van der Waals surface area contributed by atoms with Gasteiger partial charge in [-0.25, -0.2) is 4.98 Å². The second-order valence-corrected chi connectivity index (χ2v) is 4.29. The van der Waals surface area contributed by atoms with E-state index >= 15 is 0 Å². The fourth-order valence-electron chi connectivity index (χ4n) is 1.47. The smallest absolute Gasteiger partial charge is 0.274 e. The van der Waals surface area contributed by atoms with Crippen LogP contribution in [0, 0.1) is 0 Å². The van der Waals surface area contributed by atoms with E-state index in [0.29, 0.717) is 5.69 Å². The van der Waals surface area contributed by atoms with Gasteiger partial charge < -0.3 is 10.6 Å². The van der Waals surface area contributed by atoms with Crippen molar-refractivity contribution in [3.8, 4) is 0 Å². The van der Waals surface area contributed by atoms with Crippen molar-refractivity contribution in [3.63, 3.8) is 0 Å². The van der Waals surface area contributed by atoms with Crippen LogP contribution in [-0.2, 0) is 11.3 Å². The van der Waals surface area contributed by atoms with Gasteiger partial charge in [0.2, 0.25) is 5.91 Å². The molecular weight excluding hydrogens is 282 g/mol. The molecule has 0 saturated carbocycles. The molecule has 8 heteroatoms. The minimum Gasteiger partial charge on any atom is -0.358 e. The number of hydrogen-bond acceptors (Lipinski definition) is 4. The van der Waals surface area contributed by atoms with E-state index in [1.165, 1.54) is 10.9 Å². The number of pyridine rings is 1. The number of hydrogen-bond donors (Lipinski definition) is 2. The van der Waals surface area contributed by atoms with Gasteiger partial charge in [0.15, 0.2) is 0 Å². The van der Waals surface area contributed by atoms with Crippen molar-refractivity contribution in [1.29, 1.82) is 0 Å². The van der Waals surface area contributed by atoms with Gasteiger partial charge in [0.1, 0.15) is 17.4 Å². The molecule has 0 aliphatic rings. The van der Waals surface area contributed by atoms with Crippen molar-refractivity contribution in [3.05, 3.63) is 41.4 Å². The second kappa shape index (κ2) is 6.16. The summed E-state index contributed by atoms with van der Waals surface area (Å²) >= 11 is 5.72. The minimum absolute atomic E-state index is 0.0851. The predicted molar refractivity (Wildman–Crippen MR) is 73.5 cm³/mol. The third-order valence-corrected chi connectivity index (χ3v) is 2.63. The maximum atomic E-state index is 11.9. The predicted octanol–water partition coefficient (Wildman–Crippen LogP) is 0.930. The Balaban J connectivity index is 2.03. The standard InChI is InChI=1S/C12H12ClN5O2/c1-14-11(19)7-18-6-8(5-15-18)16-12(20)9-3-2-4-10(13)17-9/h2-6H,7H2,1H3,(H,14,19)(H,16,20). The number of amides is 2. The number of likely N-dealkylation sites (N-methyl/N-ethyl adjacent to an activating group) is 1. The Labute approximate surface area is 120 Å². The van der Waals surface area contributed by atoms with Crippen LogP contribution >= 0.6 is 11.6 Å². The molecule has 2 amide bonds. The van der Waals surface area contributed by atoms with Crippen LogP contribution in [0.5, 0.6) is 0 Å². The quantitative estimate of drug-likeness (QED) is 0.821. The number of rotatable bonds is 4. The Morgan fingerprint density at radius 3 is 2.90 bits per heavy atom. The molecule has 2 heterocycles. The van der Waals surface area contributed by atoms with Gasteiger partial charge in [-0.05, 0) is 12.1 Å². The fraction of sp³-hybridized carbons (Fsp3) is 0.167. The van der Waals surface area contributed by atoms with Gasteiger partial charge >= 0.3 is 0 Å². The van der Waals surface area contributed by atoms with Gasteiger partial charge in [0.25, 0.3) is 5.91 Å². The van der Waals surface area contributed by atoms with Crippen LogP contribution in [0.4, 0.5) is 5.69 Å². The average Bonchev–Trinajstić information content (AvgIpc) is 2.85. The third-order valence-electron chi connectivity index (χ3n) is 2.42. The first-order valence-electron chi connectivity index (χ1n) is 5.75. The van der Waals surface area contributed by atoms with E-state index in [9.17, 15) is 9.59 Å². The summed E-state index contributed by atoms with van der Waals surface area (Å²) in [4.78, 5) is 27.0. The molecule has 2 N–H and O–H groups in total. The van der Waals surface area contributed by atoms with Crippen molar-refractivity contribution in [1.82, 2.24) is 20.1 Å². The summed E-state index contributed by atoms with van der Waals surface area (Å²) in [7, 11) is 1.54. The van der Waals surface area contributed by atoms with Gasteiger partial charge in [0, 0.05) is 13.2 Å². The molecule has 0 aliphatic carbocycles. The minimum atomic E-state index is -0.396. The number of nitrogens with one attached hydrogen (secondary N) is 2. The lowest BCUT2D eigenvalue weighted by molar-refractivity contribution is -0.121. The summed E-state index contributed by atoms with van der Waals surface area (Å²) in [6.45, 7) is 0.0851. The van der Waals surface area contributed by atoms with Crippen LogP contribution in [0.3, 0.4) is 0 Å². The third kappa shape index (κ3) is 3.55. The Bertz CT molecular complexity index is 640. The highest BCUT2D eigenvalue weighted by Gasteiger charge is 2.10. The van der Waals surface area contributed by atoms with Crippen LogP contribution in [0.2, 0.25) is 5.15 Å². The molecule has 0 spiro atoms. The van der Waals surface area contributed by atoms with Crippen LogP contribution in [0.1, 0.15) is 10.5 Å². The molecule has 2 rings (SSSR count). The van der Waals surface area contributed by atoms with E-state index in [2.05, 4.69) is 20.7 Å². The molecule has 0 aliphatic heterocycles. The number of carbonyl (C=O) groups is 2. The summed E-state index contributed by atoms with van der Waals surface area (Å²) < 4.78 is 1.42. The lowest BCUT2D eigenvalue weighted by Gasteiger charge is -2.02. The molecule has 0 saturated heterocycles. The molecule has 20 heavy (non-hydrogen) atoms. The highest BCUT2D eigenvalue weighted by molar-refractivity contribution is 6.29. The van der Waals surface area contributed by atoms with Gasteiger partial charge in [0.05, 0.1) is 11.9 Å². The highest BCUT2D eigenvalue weighted by Crippen LogP contribution is 2.09. The Morgan fingerprint density at radius 1 is 1.40 bits per heavy atom. The van der Waals surface area contributed by atoms with Crippen molar-refractivity contribution in [2.75, 3.05) is 12.4 Å². The molecule has 2 aromatic heterocycles. The average molecular weight is 294 g/mol. The number of carbonyl (C=O) groups excluding carboxylic acids is 2. The normalized spacial score (nSPS) is 10.1. The van der Waals surface area contributed by atoms with Crippen molar-refractivity contribution in [2.45, 2.75) is 6.54 Å². The molecular formula is C12H12ClN5O2. The maximum Gasteiger partial charge on any atom is 0.274 e. The Morgan fingerprint density at radius 2 is 2.20 bits per heavy atom. The monoisotopic (exact) mass is 293 g/mol. The van der Waals surface area contributed by atoms with Crippen LogP contribution < -0.4 is 10.6 Å².